The molecule has 14 heavy (non-hydrogen) atoms. The summed E-state index contributed by atoms with van der Waals surface area (Å²) in [6, 6.07) is 2.63. The summed E-state index contributed by atoms with van der Waals surface area (Å²) in [4.78, 5) is 3.70. The first-order valence-corrected chi connectivity index (χ1v) is 4.05. The molecule has 0 amide bonds. The van der Waals surface area contributed by atoms with Crippen LogP contribution < -0.4 is 5.73 Å². The van der Waals surface area contributed by atoms with Crippen molar-refractivity contribution in [2.24, 2.45) is 5.73 Å². The molecule has 3 nitrogen and oxygen atoms in total. The molecule has 0 bridgehead atoms. The van der Waals surface area contributed by atoms with Crippen molar-refractivity contribution in [2.45, 2.75) is 13.0 Å². The number of hydrogen-bond acceptors (Lipinski definition) is 3. The van der Waals surface area contributed by atoms with Gasteiger partial charge in [-0.2, -0.15) is 5.26 Å². The highest BCUT2D eigenvalue weighted by molar-refractivity contribution is 6.32. The van der Waals surface area contributed by atoms with Crippen LogP contribution in [0.3, 0.4) is 0 Å². The van der Waals surface area contributed by atoms with Crippen molar-refractivity contribution in [3.05, 3.63) is 28.0 Å². The quantitative estimate of drug-likeness (QED) is 0.824. The maximum Gasteiger partial charge on any atom is 0.265 e. The van der Waals surface area contributed by atoms with Crippen molar-refractivity contribution in [3.8, 4) is 6.07 Å². The van der Waals surface area contributed by atoms with Gasteiger partial charge in [-0.25, -0.2) is 13.8 Å². The van der Waals surface area contributed by atoms with Crippen LogP contribution >= 0.6 is 11.6 Å². The predicted octanol–water partition coefficient (Wildman–Crippen LogP) is 2.00. The SMILES string of the molecule is N#Cc1cc(C(F)F)c(Cl)c(CN)n1. The summed E-state index contributed by atoms with van der Waals surface area (Å²) in [6.45, 7) is -0.0753. The van der Waals surface area contributed by atoms with Crippen LogP contribution in [0.25, 0.3) is 0 Å². The van der Waals surface area contributed by atoms with Gasteiger partial charge in [-0.05, 0) is 6.07 Å². The standard InChI is InChI=1S/C8H6ClF2N3/c9-7-5(8(10)11)1-4(2-12)14-6(7)3-13/h1,8H,3,13H2. The Morgan fingerprint density at radius 2 is 2.29 bits per heavy atom. The van der Waals surface area contributed by atoms with E-state index >= 15 is 0 Å². The van der Waals surface area contributed by atoms with E-state index in [0.29, 0.717) is 0 Å². The Morgan fingerprint density at radius 1 is 1.64 bits per heavy atom. The molecule has 0 aliphatic heterocycles. The zero-order chi connectivity index (χ0) is 10.7. The van der Waals surface area contributed by atoms with Crippen LogP contribution in [0, 0.1) is 11.3 Å². The number of aromatic nitrogens is 1. The van der Waals surface area contributed by atoms with Crippen LogP contribution in [-0.4, -0.2) is 4.98 Å². The zero-order valence-electron chi connectivity index (χ0n) is 6.97. The lowest BCUT2D eigenvalue weighted by molar-refractivity contribution is 0.151. The monoisotopic (exact) mass is 217 g/mol. The number of nitriles is 1. The Kier molecular flexibility index (Phi) is 3.33. The van der Waals surface area contributed by atoms with Crippen LogP contribution in [-0.2, 0) is 6.54 Å². The summed E-state index contributed by atoms with van der Waals surface area (Å²) in [7, 11) is 0. The van der Waals surface area contributed by atoms with Gasteiger partial charge in [-0.15, -0.1) is 0 Å². The van der Waals surface area contributed by atoms with Crippen LogP contribution in [0.15, 0.2) is 6.07 Å². The second-order valence-corrected chi connectivity index (χ2v) is 2.85. The van der Waals surface area contributed by atoms with Crippen molar-refractivity contribution >= 4 is 11.6 Å². The van der Waals surface area contributed by atoms with Gasteiger partial charge in [0.2, 0.25) is 0 Å². The van der Waals surface area contributed by atoms with Crippen LogP contribution in [0.1, 0.15) is 23.4 Å². The van der Waals surface area contributed by atoms with E-state index in [2.05, 4.69) is 4.98 Å². The maximum atomic E-state index is 12.4. The van der Waals surface area contributed by atoms with Crippen LogP contribution in [0.2, 0.25) is 5.02 Å². The molecule has 1 rings (SSSR count). The van der Waals surface area contributed by atoms with Crippen molar-refractivity contribution in [1.82, 2.24) is 4.98 Å². The Balaban J connectivity index is 3.36. The lowest BCUT2D eigenvalue weighted by Gasteiger charge is -2.06. The maximum absolute atomic E-state index is 12.4. The highest BCUT2D eigenvalue weighted by Gasteiger charge is 2.17. The average molecular weight is 218 g/mol. The molecule has 6 heteroatoms. The highest BCUT2D eigenvalue weighted by Crippen LogP contribution is 2.29. The normalized spacial score (nSPS) is 10.3. The molecule has 0 aliphatic carbocycles. The van der Waals surface area contributed by atoms with Gasteiger partial charge in [-0.1, -0.05) is 11.6 Å². The van der Waals surface area contributed by atoms with Gasteiger partial charge < -0.3 is 5.73 Å². The minimum absolute atomic E-state index is 0.0753. The summed E-state index contributed by atoms with van der Waals surface area (Å²) in [5, 5.41) is 8.35. The second-order valence-electron chi connectivity index (χ2n) is 2.47. The summed E-state index contributed by atoms with van der Waals surface area (Å²) < 4.78 is 24.8. The Labute approximate surface area is 84.1 Å². The summed E-state index contributed by atoms with van der Waals surface area (Å²) >= 11 is 5.60. The molecule has 74 valence electrons. The number of halogens is 3. The molecule has 0 spiro atoms. The minimum atomic E-state index is -2.73. The van der Waals surface area contributed by atoms with Crippen LogP contribution in [0.4, 0.5) is 8.78 Å². The third kappa shape index (κ3) is 1.97. The number of pyridine rings is 1. The lowest BCUT2D eigenvalue weighted by atomic mass is 10.2. The molecule has 1 aromatic heterocycles. The molecule has 0 fully saturated rings. The predicted molar refractivity (Wildman–Crippen MR) is 46.8 cm³/mol. The summed E-state index contributed by atoms with van der Waals surface area (Å²) in [5.74, 6) is 0. The van der Waals surface area contributed by atoms with Gasteiger partial charge in [0, 0.05) is 12.1 Å². The molecule has 0 unspecified atom stereocenters. The fraction of sp³-hybridized carbons (Fsp3) is 0.250. The molecule has 0 radical (unpaired) electrons. The fourth-order valence-corrected chi connectivity index (χ4v) is 1.21. The Hall–Kier alpha value is -1.25. The Morgan fingerprint density at radius 3 is 2.71 bits per heavy atom. The summed E-state index contributed by atoms with van der Waals surface area (Å²) in [6.07, 6.45) is -2.73. The first-order chi connectivity index (χ1) is 6.60. The van der Waals surface area contributed by atoms with E-state index < -0.39 is 12.0 Å². The minimum Gasteiger partial charge on any atom is -0.325 e. The van der Waals surface area contributed by atoms with Crippen molar-refractivity contribution in [1.29, 1.82) is 5.26 Å². The molecule has 0 aromatic carbocycles. The summed E-state index contributed by atoms with van der Waals surface area (Å²) in [5.41, 5.74) is 4.84. The molecule has 1 aromatic rings. The van der Waals surface area contributed by atoms with Gasteiger partial charge >= 0.3 is 0 Å². The highest BCUT2D eigenvalue weighted by atomic mass is 35.5. The van der Waals surface area contributed by atoms with Gasteiger partial charge in [-0.3, -0.25) is 0 Å². The van der Waals surface area contributed by atoms with Crippen LogP contribution in [0.5, 0.6) is 0 Å². The van der Waals surface area contributed by atoms with E-state index in [1.165, 1.54) is 0 Å². The first kappa shape index (κ1) is 10.8. The number of alkyl halides is 2. The van der Waals surface area contributed by atoms with Gasteiger partial charge in [0.05, 0.1) is 10.7 Å². The number of hydrogen-bond donors (Lipinski definition) is 1. The largest absolute Gasteiger partial charge is 0.325 e. The topological polar surface area (TPSA) is 62.7 Å². The molecular formula is C8H6ClF2N3. The molecule has 2 N–H and O–H groups in total. The lowest BCUT2D eigenvalue weighted by Crippen LogP contribution is -2.04. The third-order valence-corrected chi connectivity index (χ3v) is 2.03. The van der Waals surface area contributed by atoms with E-state index in [1.54, 1.807) is 6.07 Å². The molecule has 0 saturated carbocycles. The second kappa shape index (κ2) is 4.31. The fourth-order valence-electron chi connectivity index (χ4n) is 0.955. The molecule has 0 atom stereocenters. The molecule has 0 saturated heterocycles. The molecular weight excluding hydrogens is 212 g/mol. The van der Waals surface area contributed by atoms with Crippen molar-refractivity contribution in [2.75, 3.05) is 0 Å². The Bertz CT molecular complexity index is 387. The number of rotatable bonds is 2. The third-order valence-electron chi connectivity index (χ3n) is 1.60. The van der Waals surface area contributed by atoms with Crippen molar-refractivity contribution in [3.63, 3.8) is 0 Å². The van der Waals surface area contributed by atoms with E-state index in [-0.39, 0.29) is 23.0 Å². The van der Waals surface area contributed by atoms with E-state index in [1.807, 2.05) is 0 Å². The number of nitrogens with zero attached hydrogens (tertiary/aromatic N) is 2. The molecule has 1 heterocycles. The van der Waals surface area contributed by atoms with E-state index in [4.69, 9.17) is 22.6 Å². The smallest absolute Gasteiger partial charge is 0.265 e. The van der Waals surface area contributed by atoms with Gasteiger partial charge in [0.25, 0.3) is 6.43 Å². The number of nitrogens with two attached hydrogens (primary N) is 1. The first-order valence-electron chi connectivity index (χ1n) is 3.67. The van der Waals surface area contributed by atoms with Gasteiger partial charge in [0.1, 0.15) is 11.8 Å². The molecule has 0 aliphatic rings. The van der Waals surface area contributed by atoms with E-state index in [0.717, 1.165) is 6.07 Å². The van der Waals surface area contributed by atoms with E-state index in [9.17, 15) is 8.78 Å². The zero-order valence-corrected chi connectivity index (χ0v) is 7.72. The van der Waals surface area contributed by atoms with Gasteiger partial charge in [0.15, 0.2) is 0 Å². The van der Waals surface area contributed by atoms with Crippen molar-refractivity contribution < 1.29 is 8.78 Å². The average Bonchev–Trinajstić information content (AvgIpc) is 2.17.